The van der Waals surface area contributed by atoms with E-state index in [2.05, 4.69) is 12.6 Å². The summed E-state index contributed by atoms with van der Waals surface area (Å²) >= 11 is 0. The summed E-state index contributed by atoms with van der Waals surface area (Å²) in [7, 11) is -3.50. The Morgan fingerprint density at radius 3 is 2.54 bits per heavy atom. The van der Waals surface area contributed by atoms with E-state index in [9.17, 15) is 8.42 Å². The molecule has 0 aromatic heterocycles. The average Bonchev–Trinajstić information content (AvgIpc) is 2.55. The van der Waals surface area contributed by atoms with Crippen LogP contribution in [-0.2, 0) is 16.4 Å². The number of aryl methyl sites for hydroxylation is 1. The van der Waals surface area contributed by atoms with E-state index in [4.69, 9.17) is 0 Å². The molecule has 2 aromatic rings. The zero-order valence-electron chi connectivity index (χ0n) is 14.0. The molecule has 0 heterocycles. The van der Waals surface area contributed by atoms with Crippen molar-refractivity contribution >= 4 is 10.0 Å². The number of allylic oxidation sites excluding steroid dienone is 1. The van der Waals surface area contributed by atoms with Gasteiger partial charge in [0.1, 0.15) is 0 Å². The third kappa shape index (κ3) is 3.17. The minimum Gasteiger partial charge on any atom is -0.207 e. The lowest BCUT2D eigenvalue weighted by atomic mass is 9.83. The van der Waals surface area contributed by atoms with Crippen molar-refractivity contribution in [3.8, 4) is 0 Å². The summed E-state index contributed by atoms with van der Waals surface area (Å²) in [6.45, 7) is 6.21. The topological polar surface area (TPSA) is 37.4 Å². The summed E-state index contributed by atoms with van der Waals surface area (Å²) in [6, 6.07) is 15.1. The first kappa shape index (κ1) is 16.9. The van der Waals surface area contributed by atoms with Crippen LogP contribution in [-0.4, -0.2) is 19.3 Å². The Kier molecular flexibility index (Phi) is 4.88. The Hall–Kier alpha value is -1.91. The van der Waals surface area contributed by atoms with Gasteiger partial charge in [0.15, 0.2) is 0 Å². The normalized spacial score (nSPS) is 16.5. The van der Waals surface area contributed by atoms with Crippen molar-refractivity contribution in [3.63, 3.8) is 0 Å². The van der Waals surface area contributed by atoms with Gasteiger partial charge in [-0.15, -0.1) is 6.58 Å². The van der Waals surface area contributed by atoms with E-state index in [-0.39, 0.29) is 6.04 Å². The van der Waals surface area contributed by atoms with E-state index < -0.39 is 10.0 Å². The maximum Gasteiger partial charge on any atom is 0.243 e. The molecular weight excluding hydrogens is 318 g/mol. The number of unbranched alkanes of at least 4 members (excludes halogenated alkanes) is 1. The lowest BCUT2D eigenvalue weighted by molar-refractivity contribution is 0.293. The summed E-state index contributed by atoms with van der Waals surface area (Å²) in [5.41, 5.74) is 3.43. The van der Waals surface area contributed by atoms with Crippen LogP contribution in [0.1, 0.15) is 35.6 Å². The molecule has 0 saturated heterocycles. The molecule has 1 atom stereocenters. The number of sulfonamides is 1. The lowest BCUT2D eigenvalue weighted by Gasteiger charge is -2.38. The SMILES string of the molecule is C=CCCCN(C1Cc2ccccc21)S(=O)(=O)c1ccc(C)cc1. The van der Waals surface area contributed by atoms with Crippen molar-refractivity contribution in [2.75, 3.05) is 6.54 Å². The van der Waals surface area contributed by atoms with Gasteiger partial charge in [-0.3, -0.25) is 0 Å². The van der Waals surface area contributed by atoms with E-state index in [0.29, 0.717) is 11.4 Å². The molecule has 0 aliphatic heterocycles. The maximum atomic E-state index is 13.2. The third-order valence-electron chi connectivity index (χ3n) is 4.59. The third-order valence-corrected chi connectivity index (χ3v) is 6.51. The van der Waals surface area contributed by atoms with E-state index in [0.717, 1.165) is 30.4 Å². The van der Waals surface area contributed by atoms with Crippen LogP contribution >= 0.6 is 0 Å². The van der Waals surface area contributed by atoms with Crippen LogP contribution in [0.4, 0.5) is 0 Å². The van der Waals surface area contributed by atoms with Crippen molar-refractivity contribution in [3.05, 3.63) is 77.9 Å². The van der Waals surface area contributed by atoms with Crippen LogP contribution in [0.3, 0.4) is 0 Å². The highest BCUT2D eigenvalue weighted by atomic mass is 32.2. The Balaban J connectivity index is 1.93. The molecular formula is C20H23NO2S. The quantitative estimate of drug-likeness (QED) is 0.558. The monoisotopic (exact) mass is 341 g/mol. The molecule has 1 unspecified atom stereocenters. The van der Waals surface area contributed by atoms with Gasteiger partial charge in [-0.1, -0.05) is 48.0 Å². The molecule has 1 aliphatic carbocycles. The summed E-state index contributed by atoms with van der Waals surface area (Å²) in [5, 5.41) is 0. The van der Waals surface area contributed by atoms with Gasteiger partial charge >= 0.3 is 0 Å². The van der Waals surface area contributed by atoms with Crippen LogP contribution < -0.4 is 0 Å². The standard InChI is InChI=1S/C20H23NO2S/c1-3-4-7-14-21(20-15-17-8-5-6-9-19(17)20)24(22,23)18-12-10-16(2)11-13-18/h3,5-6,8-13,20H,1,4,7,14-15H2,2H3. The Labute approximate surface area is 144 Å². The Morgan fingerprint density at radius 2 is 1.88 bits per heavy atom. The fourth-order valence-corrected chi connectivity index (χ4v) is 4.81. The summed E-state index contributed by atoms with van der Waals surface area (Å²) in [4.78, 5) is 0.371. The molecule has 24 heavy (non-hydrogen) atoms. The maximum absolute atomic E-state index is 13.2. The van der Waals surface area contributed by atoms with E-state index in [1.807, 2.05) is 43.3 Å². The van der Waals surface area contributed by atoms with Crippen LogP contribution in [0, 0.1) is 6.92 Å². The number of benzene rings is 2. The highest BCUT2D eigenvalue weighted by molar-refractivity contribution is 7.89. The summed E-state index contributed by atoms with van der Waals surface area (Å²) in [6.07, 6.45) is 4.22. The van der Waals surface area contributed by atoms with Gasteiger partial charge in [0.05, 0.1) is 10.9 Å². The zero-order chi connectivity index (χ0) is 17.2. The van der Waals surface area contributed by atoms with E-state index in [1.54, 1.807) is 16.4 Å². The van der Waals surface area contributed by atoms with Crippen molar-refractivity contribution in [1.82, 2.24) is 4.31 Å². The molecule has 0 saturated carbocycles. The van der Waals surface area contributed by atoms with Gasteiger partial charge in [0.25, 0.3) is 0 Å². The van der Waals surface area contributed by atoms with Crippen LogP contribution in [0.25, 0.3) is 0 Å². The highest BCUT2D eigenvalue weighted by Gasteiger charge is 2.38. The van der Waals surface area contributed by atoms with E-state index >= 15 is 0 Å². The molecule has 0 fully saturated rings. The van der Waals surface area contributed by atoms with Gasteiger partial charge in [0.2, 0.25) is 10.0 Å². The molecule has 3 rings (SSSR count). The second-order valence-electron chi connectivity index (χ2n) is 6.28. The fourth-order valence-electron chi connectivity index (χ4n) is 3.17. The van der Waals surface area contributed by atoms with Crippen molar-refractivity contribution in [2.24, 2.45) is 0 Å². The zero-order valence-corrected chi connectivity index (χ0v) is 14.8. The number of fused-ring (bicyclic) bond motifs is 1. The molecule has 0 N–H and O–H groups in total. The number of rotatable bonds is 7. The second-order valence-corrected chi connectivity index (χ2v) is 8.17. The summed E-state index contributed by atoms with van der Waals surface area (Å²) < 4.78 is 28.0. The predicted octanol–water partition coefficient (Wildman–Crippen LogP) is 4.25. The molecule has 0 radical (unpaired) electrons. The number of hydrogen-bond acceptors (Lipinski definition) is 2. The Bertz CT molecular complexity index is 825. The van der Waals surface area contributed by atoms with Crippen molar-refractivity contribution in [2.45, 2.75) is 37.1 Å². The van der Waals surface area contributed by atoms with Gasteiger partial charge < -0.3 is 0 Å². The minimum absolute atomic E-state index is 0.0580. The number of hydrogen-bond donors (Lipinski definition) is 0. The van der Waals surface area contributed by atoms with Gasteiger partial charge in [0, 0.05) is 6.54 Å². The molecule has 1 aliphatic rings. The molecule has 4 heteroatoms. The second kappa shape index (κ2) is 6.91. The van der Waals surface area contributed by atoms with Crippen LogP contribution in [0.2, 0.25) is 0 Å². The number of nitrogens with zero attached hydrogens (tertiary/aromatic N) is 1. The van der Waals surface area contributed by atoms with Crippen LogP contribution in [0.5, 0.6) is 0 Å². The van der Waals surface area contributed by atoms with Crippen molar-refractivity contribution in [1.29, 1.82) is 0 Å². The van der Waals surface area contributed by atoms with Gasteiger partial charge in [-0.25, -0.2) is 8.42 Å². The fraction of sp³-hybridized carbons (Fsp3) is 0.300. The highest BCUT2D eigenvalue weighted by Crippen LogP contribution is 2.40. The molecule has 126 valence electrons. The van der Waals surface area contributed by atoms with Gasteiger partial charge in [-0.05, 0) is 49.4 Å². The van der Waals surface area contributed by atoms with E-state index in [1.165, 1.54) is 5.56 Å². The first-order chi connectivity index (χ1) is 11.5. The minimum atomic E-state index is -3.50. The largest absolute Gasteiger partial charge is 0.243 e. The summed E-state index contributed by atoms with van der Waals surface area (Å²) in [5.74, 6) is 0. The molecule has 2 aromatic carbocycles. The molecule has 0 spiro atoms. The predicted molar refractivity (Wildman–Crippen MR) is 97.4 cm³/mol. The lowest BCUT2D eigenvalue weighted by Crippen LogP contribution is -2.41. The molecule has 0 amide bonds. The van der Waals surface area contributed by atoms with Gasteiger partial charge in [-0.2, -0.15) is 4.31 Å². The smallest absolute Gasteiger partial charge is 0.207 e. The Morgan fingerprint density at radius 1 is 1.17 bits per heavy atom. The first-order valence-corrected chi connectivity index (χ1v) is 9.75. The first-order valence-electron chi connectivity index (χ1n) is 8.31. The van der Waals surface area contributed by atoms with Crippen LogP contribution in [0.15, 0.2) is 66.1 Å². The molecule has 0 bridgehead atoms. The van der Waals surface area contributed by atoms with Crippen molar-refractivity contribution < 1.29 is 8.42 Å². The molecule has 3 nitrogen and oxygen atoms in total. The average molecular weight is 341 g/mol.